The standard InChI is InChI=1S/C14H13NO3/c16-13-12-9-3-1-2-4-10(9)15-11(12)5-6-14(13)17-7-8-18-14/h1-4,15H,5-8H2. The minimum Gasteiger partial charge on any atom is -0.358 e. The number of hydrogen-bond donors (Lipinski definition) is 1. The second-order valence-electron chi connectivity index (χ2n) is 4.80. The third-order valence-corrected chi connectivity index (χ3v) is 3.81. The number of aromatic nitrogens is 1. The van der Waals surface area contributed by atoms with E-state index in [0.29, 0.717) is 19.6 Å². The molecule has 1 fully saturated rings. The summed E-state index contributed by atoms with van der Waals surface area (Å²) in [6.45, 7) is 1.01. The van der Waals surface area contributed by atoms with E-state index in [-0.39, 0.29) is 5.78 Å². The number of aromatic amines is 1. The number of para-hydroxylation sites is 1. The molecule has 92 valence electrons. The molecule has 0 unspecified atom stereocenters. The van der Waals surface area contributed by atoms with Gasteiger partial charge in [0.2, 0.25) is 11.6 Å². The molecule has 1 aromatic carbocycles. The molecule has 0 bridgehead atoms. The molecule has 0 saturated carbocycles. The molecule has 0 amide bonds. The number of fused-ring (bicyclic) bond motifs is 3. The van der Waals surface area contributed by atoms with Gasteiger partial charge in [-0.1, -0.05) is 18.2 Å². The maximum Gasteiger partial charge on any atom is 0.234 e. The highest BCUT2D eigenvalue weighted by Gasteiger charge is 2.48. The van der Waals surface area contributed by atoms with Gasteiger partial charge in [0.25, 0.3) is 0 Å². The third-order valence-electron chi connectivity index (χ3n) is 3.81. The van der Waals surface area contributed by atoms with Crippen LogP contribution in [-0.2, 0) is 15.9 Å². The average molecular weight is 243 g/mol. The Kier molecular flexibility index (Phi) is 1.96. The smallest absolute Gasteiger partial charge is 0.234 e. The van der Waals surface area contributed by atoms with E-state index >= 15 is 0 Å². The van der Waals surface area contributed by atoms with E-state index in [9.17, 15) is 4.79 Å². The number of ether oxygens (including phenoxy) is 2. The lowest BCUT2D eigenvalue weighted by atomic mass is 9.89. The van der Waals surface area contributed by atoms with Crippen molar-refractivity contribution >= 4 is 16.7 Å². The Balaban J connectivity index is 1.94. The van der Waals surface area contributed by atoms with Gasteiger partial charge < -0.3 is 14.5 Å². The highest BCUT2D eigenvalue weighted by Crippen LogP contribution is 2.38. The van der Waals surface area contributed by atoms with Gasteiger partial charge >= 0.3 is 0 Å². The quantitative estimate of drug-likeness (QED) is 0.770. The third kappa shape index (κ3) is 1.19. The number of ketones is 1. The Labute approximate surface area is 104 Å². The average Bonchev–Trinajstić information content (AvgIpc) is 3.00. The lowest BCUT2D eigenvalue weighted by molar-refractivity contribution is -0.125. The summed E-state index contributed by atoms with van der Waals surface area (Å²) >= 11 is 0. The number of Topliss-reactive ketones (excluding diaryl/α,β-unsaturated/α-hetero) is 1. The van der Waals surface area contributed by atoms with Crippen LogP contribution in [0.15, 0.2) is 24.3 Å². The SMILES string of the molecule is O=C1c2c([nH]c3ccccc23)CCC12OCCO2. The summed E-state index contributed by atoms with van der Waals surface area (Å²) in [6, 6.07) is 7.87. The number of rotatable bonds is 0. The lowest BCUT2D eigenvalue weighted by Crippen LogP contribution is -2.43. The zero-order chi connectivity index (χ0) is 12.2. The Morgan fingerprint density at radius 3 is 2.78 bits per heavy atom. The summed E-state index contributed by atoms with van der Waals surface area (Å²) in [5, 5.41) is 0.968. The number of H-pyrrole nitrogens is 1. The van der Waals surface area contributed by atoms with Gasteiger partial charge in [0.1, 0.15) is 0 Å². The first kappa shape index (κ1) is 10.3. The molecule has 2 heterocycles. The maximum atomic E-state index is 12.6. The van der Waals surface area contributed by atoms with Gasteiger partial charge in [-0.05, 0) is 12.5 Å². The first-order valence-corrected chi connectivity index (χ1v) is 6.22. The fraction of sp³-hybridized carbons (Fsp3) is 0.357. The molecule has 4 nitrogen and oxygen atoms in total. The zero-order valence-corrected chi connectivity index (χ0v) is 9.86. The van der Waals surface area contributed by atoms with Crippen LogP contribution in [0.5, 0.6) is 0 Å². The molecular weight excluding hydrogens is 230 g/mol. The predicted octanol–water partition coefficient (Wildman–Crippen LogP) is 2.04. The number of hydrogen-bond acceptors (Lipinski definition) is 3. The van der Waals surface area contributed by atoms with Crippen molar-refractivity contribution in [2.75, 3.05) is 13.2 Å². The lowest BCUT2D eigenvalue weighted by Gasteiger charge is -2.29. The molecule has 1 aliphatic carbocycles. The Bertz CT molecular complexity index is 638. The van der Waals surface area contributed by atoms with Crippen LogP contribution in [0, 0.1) is 0 Å². The second kappa shape index (κ2) is 3.43. The molecule has 4 heteroatoms. The van der Waals surface area contributed by atoms with Crippen molar-refractivity contribution in [1.82, 2.24) is 4.98 Å². The predicted molar refractivity (Wildman–Crippen MR) is 65.6 cm³/mol. The normalized spacial score (nSPS) is 21.7. The minimum absolute atomic E-state index is 0.0290. The van der Waals surface area contributed by atoms with E-state index in [1.54, 1.807) is 0 Å². The summed E-state index contributed by atoms with van der Waals surface area (Å²) in [5.41, 5.74) is 2.76. The van der Waals surface area contributed by atoms with Crippen molar-refractivity contribution < 1.29 is 14.3 Å². The molecule has 1 N–H and O–H groups in total. The summed E-state index contributed by atoms with van der Waals surface area (Å²) in [6.07, 6.45) is 1.39. The fourth-order valence-electron chi connectivity index (χ4n) is 2.97. The van der Waals surface area contributed by atoms with Crippen molar-refractivity contribution in [3.8, 4) is 0 Å². The Morgan fingerprint density at radius 1 is 1.17 bits per heavy atom. The number of aryl methyl sites for hydroxylation is 1. The molecule has 1 aromatic heterocycles. The molecule has 1 saturated heterocycles. The van der Waals surface area contributed by atoms with E-state index < -0.39 is 5.79 Å². The van der Waals surface area contributed by atoms with Gasteiger partial charge in [-0.15, -0.1) is 0 Å². The van der Waals surface area contributed by atoms with E-state index in [1.165, 1.54) is 0 Å². The van der Waals surface area contributed by atoms with E-state index in [2.05, 4.69) is 4.98 Å². The first-order valence-electron chi connectivity index (χ1n) is 6.22. The number of benzene rings is 1. The number of nitrogens with one attached hydrogen (secondary N) is 1. The molecule has 4 rings (SSSR count). The largest absolute Gasteiger partial charge is 0.358 e. The molecule has 2 aliphatic rings. The van der Waals surface area contributed by atoms with E-state index in [1.807, 2.05) is 24.3 Å². The monoisotopic (exact) mass is 243 g/mol. The van der Waals surface area contributed by atoms with Gasteiger partial charge in [-0.2, -0.15) is 0 Å². The van der Waals surface area contributed by atoms with Crippen LogP contribution >= 0.6 is 0 Å². The summed E-state index contributed by atoms with van der Waals surface area (Å²) in [4.78, 5) is 16.0. The van der Waals surface area contributed by atoms with Crippen LogP contribution in [0.2, 0.25) is 0 Å². The summed E-state index contributed by atoms with van der Waals surface area (Å²) in [7, 11) is 0. The number of carbonyl (C=O) groups is 1. The van der Waals surface area contributed by atoms with Crippen LogP contribution < -0.4 is 0 Å². The van der Waals surface area contributed by atoms with E-state index in [4.69, 9.17) is 9.47 Å². The van der Waals surface area contributed by atoms with E-state index in [0.717, 1.165) is 28.6 Å². The van der Waals surface area contributed by atoms with Gasteiger partial charge in [-0.3, -0.25) is 4.79 Å². The van der Waals surface area contributed by atoms with Crippen LogP contribution in [-0.4, -0.2) is 29.8 Å². The highest BCUT2D eigenvalue weighted by atomic mass is 16.7. The molecule has 0 atom stereocenters. The molecule has 18 heavy (non-hydrogen) atoms. The highest BCUT2D eigenvalue weighted by molar-refractivity contribution is 6.13. The molecule has 1 spiro atoms. The van der Waals surface area contributed by atoms with Crippen molar-refractivity contribution in [2.45, 2.75) is 18.6 Å². The zero-order valence-electron chi connectivity index (χ0n) is 9.86. The summed E-state index contributed by atoms with van der Waals surface area (Å²) < 4.78 is 11.2. The van der Waals surface area contributed by atoms with Gasteiger partial charge in [-0.25, -0.2) is 0 Å². The number of carbonyl (C=O) groups excluding carboxylic acids is 1. The van der Waals surface area contributed by atoms with Crippen molar-refractivity contribution in [3.05, 3.63) is 35.5 Å². The Hall–Kier alpha value is -1.65. The van der Waals surface area contributed by atoms with Crippen molar-refractivity contribution in [2.24, 2.45) is 0 Å². The second-order valence-corrected chi connectivity index (χ2v) is 4.80. The van der Waals surface area contributed by atoms with Crippen LogP contribution in [0.1, 0.15) is 22.5 Å². The van der Waals surface area contributed by atoms with Crippen LogP contribution in [0.25, 0.3) is 10.9 Å². The van der Waals surface area contributed by atoms with Gasteiger partial charge in [0, 0.05) is 23.0 Å². The van der Waals surface area contributed by atoms with Crippen molar-refractivity contribution in [1.29, 1.82) is 0 Å². The fourth-order valence-corrected chi connectivity index (χ4v) is 2.97. The van der Waals surface area contributed by atoms with Gasteiger partial charge in [0.15, 0.2) is 0 Å². The van der Waals surface area contributed by atoms with Crippen molar-refractivity contribution in [3.63, 3.8) is 0 Å². The van der Waals surface area contributed by atoms with Crippen LogP contribution in [0.4, 0.5) is 0 Å². The molecule has 2 aromatic rings. The summed E-state index contributed by atoms with van der Waals surface area (Å²) in [5.74, 6) is -1.04. The topological polar surface area (TPSA) is 51.3 Å². The maximum absolute atomic E-state index is 12.6. The molecule has 0 radical (unpaired) electrons. The van der Waals surface area contributed by atoms with Gasteiger partial charge in [0.05, 0.1) is 18.8 Å². The first-order chi connectivity index (χ1) is 8.80. The molecule has 1 aliphatic heterocycles. The Morgan fingerprint density at radius 2 is 1.94 bits per heavy atom. The molecular formula is C14H13NO3. The minimum atomic E-state index is -1.02. The van der Waals surface area contributed by atoms with Crippen LogP contribution in [0.3, 0.4) is 0 Å².